The molecule has 1 aromatic carbocycles. The molecule has 0 unspecified atom stereocenters. The smallest absolute Gasteiger partial charge is 0.422 e. The number of fused-ring (bicyclic) bond motifs is 1. The van der Waals surface area contributed by atoms with E-state index in [1.807, 2.05) is 0 Å². The van der Waals surface area contributed by atoms with Crippen LogP contribution in [0.15, 0.2) is 48.8 Å². The largest absolute Gasteiger partial charge is 0.483 e. The van der Waals surface area contributed by atoms with Crippen LogP contribution in [-0.2, 0) is 6.54 Å². The van der Waals surface area contributed by atoms with Crippen LogP contribution in [-0.4, -0.2) is 35.3 Å². The number of alkyl halides is 5. The van der Waals surface area contributed by atoms with Crippen molar-refractivity contribution >= 4 is 11.7 Å². The minimum absolute atomic E-state index is 0.0600. The highest BCUT2D eigenvalue weighted by molar-refractivity contribution is 6.10. The van der Waals surface area contributed by atoms with Crippen LogP contribution in [0.2, 0.25) is 0 Å². The predicted molar refractivity (Wildman–Crippen MR) is 103 cm³/mol. The van der Waals surface area contributed by atoms with E-state index in [1.165, 1.54) is 35.4 Å². The molecule has 0 saturated heterocycles. The number of halogens is 6. The van der Waals surface area contributed by atoms with Crippen molar-refractivity contribution in [3.63, 3.8) is 0 Å². The Bertz CT molecular complexity index is 1180. The molecule has 172 valence electrons. The molecule has 3 heterocycles. The van der Waals surface area contributed by atoms with E-state index < -0.39 is 31.1 Å². The van der Waals surface area contributed by atoms with E-state index >= 15 is 0 Å². The summed E-state index contributed by atoms with van der Waals surface area (Å²) >= 11 is 0. The van der Waals surface area contributed by atoms with Crippen LogP contribution in [0.3, 0.4) is 0 Å². The first-order valence-corrected chi connectivity index (χ1v) is 9.32. The van der Waals surface area contributed by atoms with Gasteiger partial charge in [-0.25, -0.2) is 9.37 Å². The SMILES string of the molecule is O=C1c2ccnc(-c3ccc(F)cc3OCC(F)(F)F)c2CN1c1ccc(OC(F)F)cn1. The highest BCUT2D eigenvalue weighted by atomic mass is 19.4. The number of hydrogen-bond acceptors (Lipinski definition) is 5. The normalized spacial score (nSPS) is 13.4. The number of hydrogen-bond donors (Lipinski definition) is 0. The van der Waals surface area contributed by atoms with E-state index in [4.69, 9.17) is 4.74 Å². The number of aromatic nitrogens is 2. The number of nitrogens with zero attached hydrogens (tertiary/aromatic N) is 3. The van der Waals surface area contributed by atoms with Crippen molar-refractivity contribution in [2.75, 3.05) is 11.5 Å². The predicted octanol–water partition coefficient (Wildman–Crippen LogP) is 4.99. The minimum atomic E-state index is -4.64. The third kappa shape index (κ3) is 4.83. The Morgan fingerprint density at radius 2 is 1.85 bits per heavy atom. The Balaban J connectivity index is 1.68. The molecule has 6 nitrogen and oxygen atoms in total. The maximum Gasteiger partial charge on any atom is 0.422 e. The number of pyridine rings is 2. The number of benzene rings is 1. The summed E-state index contributed by atoms with van der Waals surface area (Å²) in [4.78, 5) is 22.3. The van der Waals surface area contributed by atoms with Gasteiger partial charge in [0.1, 0.15) is 23.1 Å². The van der Waals surface area contributed by atoms with Crippen molar-refractivity contribution in [2.45, 2.75) is 19.3 Å². The molecule has 0 saturated carbocycles. The van der Waals surface area contributed by atoms with Crippen molar-refractivity contribution in [2.24, 2.45) is 0 Å². The maximum absolute atomic E-state index is 13.7. The molecule has 1 amide bonds. The molecule has 0 bridgehead atoms. The highest BCUT2D eigenvalue weighted by Gasteiger charge is 2.33. The van der Waals surface area contributed by atoms with Gasteiger partial charge in [0.15, 0.2) is 6.61 Å². The summed E-state index contributed by atoms with van der Waals surface area (Å²) in [6.45, 7) is -4.73. The summed E-state index contributed by atoms with van der Waals surface area (Å²) in [5.41, 5.74) is 0.778. The molecule has 0 radical (unpaired) electrons. The fourth-order valence-electron chi connectivity index (χ4n) is 3.32. The van der Waals surface area contributed by atoms with Gasteiger partial charge < -0.3 is 9.47 Å². The lowest BCUT2D eigenvalue weighted by Crippen LogP contribution is -2.24. The Hall–Kier alpha value is -3.83. The molecular weight excluding hydrogens is 456 g/mol. The fraction of sp³-hybridized carbons (Fsp3) is 0.190. The molecule has 0 aliphatic carbocycles. The Labute approximate surface area is 182 Å². The summed E-state index contributed by atoms with van der Waals surface area (Å²) in [5.74, 6) is -1.74. The van der Waals surface area contributed by atoms with Crippen LogP contribution >= 0.6 is 0 Å². The molecule has 33 heavy (non-hydrogen) atoms. The Morgan fingerprint density at radius 3 is 2.52 bits per heavy atom. The van der Waals surface area contributed by atoms with E-state index in [1.54, 1.807) is 0 Å². The zero-order chi connectivity index (χ0) is 23.8. The second-order valence-corrected chi connectivity index (χ2v) is 6.85. The van der Waals surface area contributed by atoms with Gasteiger partial charge in [-0.2, -0.15) is 22.0 Å². The van der Waals surface area contributed by atoms with Gasteiger partial charge in [-0.05, 0) is 30.3 Å². The summed E-state index contributed by atoms with van der Waals surface area (Å²) < 4.78 is 85.3. The number of amides is 1. The first-order chi connectivity index (χ1) is 15.6. The van der Waals surface area contributed by atoms with Crippen molar-refractivity contribution in [1.82, 2.24) is 9.97 Å². The third-order valence-electron chi connectivity index (χ3n) is 4.66. The highest BCUT2D eigenvalue weighted by Crippen LogP contribution is 2.38. The lowest BCUT2D eigenvalue weighted by atomic mass is 10.0. The first kappa shape index (κ1) is 22.4. The number of rotatable bonds is 6. The van der Waals surface area contributed by atoms with Crippen LogP contribution < -0.4 is 14.4 Å². The van der Waals surface area contributed by atoms with E-state index in [2.05, 4.69) is 14.7 Å². The lowest BCUT2D eigenvalue weighted by molar-refractivity contribution is -0.153. The van der Waals surface area contributed by atoms with Crippen molar-refractivity contribution in [3.05, 3.63) is 65.7 Å². The van der Waals surface area contributed by atoms with E-state index in [0.29, 0.717) is 5.56 Å². The van der Waals surface area contributed by atoms with Gasteiger partial charge in [-0.3, -0.25) is 14.7 Å². The van der Waals surface area contributed by atoms with E-state index in [9.17, 15) is 31.1 Å². The van der Waals surface area contributed by atoms with Crippen LogP contribution in [0.25, 0.3) is 11.3 Å². The van der Waals surface area contributed by atoms with Crippen molar-refractivity contribution in [3.8, 4) is 22.8 Å². The van der Waals surface area contributed by atoms with Crippen LogP contribution in [0.4, 0.5) is 32.2 Å². The Kier molecular flexibility index (Phi) is 5.83. The van der Waals surface area contributed by atoms with E-state index in [0.717, 1.165) is 18.3 Å². The molecule has 12 heteroatoms. The topological polar surface area (TPSA) is 64.5 Å². The standard InChI is InChI=1S/C21H13F6N3O3/c22-11-1-3-14(16(7-11)32-10-21(25,26)27)18-15-9-30(19(31)13(15)5-6-28-18)17-4-2-12(8-29-17)33-20(23)24/h1-8,20H,9-10H2. The van der Waals surface area contributed by atoms with Gasteiger partial charge >= 0.3 is 12.8 Å². The Morgan fingerprint density at radius 1 is 1.06 bits per heavy atom. The summed E-state index contributed by atoms with van der Waals surface area (Å²) in [6, 6.07) is 7.01. The summed E-state index contributed by atoms with van der Waals surface area (Å²) in [6.07, 6.45) is -2.33. The average Bonchev–Trinajstić information content (AvgIpc) is 3.09. The molecule has 0 atom stereocenters. The average molecular weight is 469 g/mol. The number of anilines is 1. The van der Waals surface area contributed by atoms with Gasteiger partial charge in [0, 0.05) is 29.0 Å². The molecule has 1 aliphatic heterocycles. The van der Waals surface area contributed by atoms with Crippen molar-refractivity contribution < 1.29 is 40.6 Å². The molecular formula is C21H13F6N3O3. The zero-order valence-electron chi connectivity index (χ0n) is 16.4. The zero-order valence-corrected chi connectivity index (χ0v) is 16.4. The first-order valence-electron chi connectivity index (χ1n) is 9.32. The number of carbonyl (C=O) groups excluding carboxylic acids is 1. The number of carbonyl (C=O) groups is 1. The third-order valence-corrected chi connectivity index (χ3v) is 4.66. The van der Waals surface area contributed by atoms with E-state index in [-0.39, 0.29) is 40.7 Å². The second-order valence-electron chi connectivity index (χ2n) is 6.85. The van der Waals surface area contributed by atoms with Gasteiger partial charge in [-0.1, -0.05) is 0 Å². The molecule has 2 aromatic heterocycles. The molecule has 0 N–H and O–H groups in total. The summed E-state index contributed by atoms with van der Waals surface area (Å²) in [5, 5.41) is 0. The molecule has 0 spiro atoms. The molecule has 3 aromatic rings. The number of ether oxygens (including phenoxy) is 2. The van der Waals surface area contributed by atoms with Crippen LogP contribution in [0.1, 0.15) is 15.9 Å². The second kappa shape index (κ2) is 8.60. The lowest BCUT2D eigenvalue weighted by Gasteiger charge is -2.16. The minimum Gasteiger partial charge on any atom is -0.483 e. The maximum atomic E-state index is 13.7. The van der Waals surface area contributed by atoms with Gasteiger partial charge in [0.05, 0.1) is 18.4 Å². The molecule has 0 fully saturated rings. The van der Waals surface area contributed by atoms with Crippen LogP contribution in [0.5, 0.6) is 11.5 Å². The van der Waals surface area contributed by atoms with Gasteiger partial charge in [-0.15, -0.1) is 0 Å². The quantitative estimate of drug-likeness (QED) is 0.477. The van der Waals surface area contributed by atoms with Gasteiger partial charge in [0.2, 0.25) is 0 Å². The van der Waals surface area contributed by atoms with Crippen molar-refractivity contribution in [1.29, 1.82) is 0 Å². The molecule has 4 rings (SSSR count). The summed E-state index contributed by atoms with van der Waals surface area (Å²) in [7, 11) is 0. The van der Waals surface area contributed by atoms with Gasteiger partial charge in [0.25, 0.3) is 5.91 Å². The van der Waals surface area contributed by atoms with Crippen LogP contribution in [0, 0.1) is 5.82 Å². The monoisotopic (exact) mass is 469 g/mol. The molecule has 1 aliphatic rings. The fourth-order valence-corrected chi connectivity index (χ4v) is 3.32.